The molecule has 1 N–H and O–H groups in total. The molecule has 1 unspecified atom stereocenters. The molecule has 1 fully saturated rings. The van der Waals surface area contributed by atoms with E-state index in [1.165, 1.54) is 4.80 Å². The Balaban J connectivity index is 1.83. The minimum absolute atomic E-state index is 0.00404. The summed E-state index contributed by atoms with van der Waals surface area (Å²) >= 11 is 0. The molecule has 2 amide bonds. The average molecular weight is 279 g/mol. The molecule has 20 heavy (non-hydrogen) atoms. The summed E-state index contributed by atoms with van der Waals surface area (Å²) in [6, 6.07) is 0.0670. The minimum atomic E-state index is -0.00404. The fourth-order valence-electron chi connectivity index (χ4n) is 2.39. The quantitative estimate of drug-likeness (QED) is 0.834. The Kier molecular flexibility index (Phi) is 5.09. The van der Waals surface area contributed by atoms with E-state index in [-0.39, 0.29) is 24.4 Å². The number of hydrogen-bond donors (Lipinski definition) is 1. The van der Waals surface area contributed by atoms with Crippen LogP contribution in [0.1, 0.15) is 32.6 Å². The third kappa shape index (κ3) is 4.04. The summed E-state index contributed by atoms with van der Waals surface area (Å²) in [5.74, 6) is 0.0659. The molecule has 0 aliphatic carbocycles. The number of nitrogens with zero attached hydrogens (tertiary/aromatic N) is 4. The Morgan fingerprint density at radius 2 is 2.10 bits per heavy atom. The second-order valence-corrected chi connectivity index (χ2v) is 5.06. The van der Waals surface area contributed by atoms with Crippen LogP contribution in [0.2, 0.25) is 0 Å². The first-order chi connectivity index (χ1) is 9.69. The molecular weight excluding hydrogens is 258 g/mol. The second kappa shape index (κ2) is 7.02. The zero-order chi connectivity index (χ0) is 14.4. The van der Waals surface area contributed by atoms with E-state index in [9.17, 15) is 9.59 Å². The lowest BCUT2D eigenvalue weighted by molar-refractivity contribution is -0.134. The molecule has 0 aromatic carbocycles. The van der Waals surface area contributed by atoms with Crippen molar-refractivity contribution in [2.75, 3.05) is 13.1 Å². The van der Waals surface area contributed by atoms with Crippen LogP contribution in [0.5, 0.6) is 0 Å². The molecule has 0 radical (unpaired) electrons. The molecule has 7 nitrogen and oxygen atoms in total. The molecule has 0 bridgehead atoms. The van der Waals surface area contributed by atoms with E-state index in [1.807, 2.05) is 6.92 Å². The van der Waals surface area contributed by atoms with E-state index in [4.69, 9.17) is 0 Å². The molecule has 1 aromatic heterocycles. The highest BCUT2D eigenvalue weighted by Gasteiger charge is 2.24. The lowest BCUT2D eigenvalue weighted by atomic mass is 10.1. The highest BCUT2D eigenvalue weighted by atomic mass is 16.2. The van der Waals surface area contributed by atoms with Crippen molar-refractivity contribution in [2.45, 2.75) is 45.2 Å². The summed E-state index contributed by atoms with van der Waals surface area (Å²) < 4.78 is 0. The van der Waals surface area contributed by atoms with Crippen molar-refractivity contribution in [3.05, 3.63) is 12.4 Å². The third-order valence-electron chi connectivity index (χ3n) is 3.36. The van der Waals surface area contributed by atoms with Crippen LogP contribution in [0.15, 0.2) is 12.4 Å². The van der Waals surface area contributed by atoms with Gasteiger partial charge < -0.3 is 10.2 Å². The van der Waals surface area contributed by atoms with Crippen molar-refractivity contribution in [1.82, 2.24) is 25.2 Å². The number of rotatable bonds is 5. The molecule has 0 spiro atoms. The summed E-state index contributed by atoms with van der Waals surface area (Å²) in [5, 5.41) is 10.9. The van der Waals surface area contributed by atoms with Gasteiger partial charge in [-0.15, -0.1) is 0 Å². The Morgan fingerprint density at radius 1 is 1.35 bits per heavy atom. The highest BCUT2D eigenvalue weighted by molar-refractivity contribution is 5.77. The maximum atomic E-state index is 12.1. The van der Waals surface area contributed by atoms with Gasteiger partial charge in [0.2, 0.25) is 11.8 Å². The number of likely N-dealkylation sites (tertiary alicyclic amines) is 1. The minimum Gasteiger partial charge on any atom is -0.352 e. The van der Waals surface area contributed by atoms with Crippen LogP contribution in [-0.2, 0) is 16.1 Å². The zero-order valence-corrected chi connectivity index (χ0v) is 11.8. The average Bonchev–Trinajstić information content (AvgIpc) is 2.92. The molecule has 110 valence electrons. The largest absolute Gasteiger partial charge is 0.352 e. The van der Waals surface area contributed by atoms with Crippen LogP contribution >= 0.6 is 0 Å². The number of piperidine rings is 1. The van der Waals surface area contributed by atoms with Gasteiger partial charge in [-0.05, 0) is 19.3 Å². The first-order valence-electron chi connectivity index (χ1n) is 7.10. The van der Waals surface area contributed by atoms with Gasteiger partial charge in [0, 0.05) is 25.6 Å². The second-order valence-electron chi connectivity index (χ2n) is 5.06. The van der Waals surface area contributed by atoms with Crippen molar-refractivity contribution >= 4 is 11.8 Å². The summed E-state index contributed by atoms with van der Waals surface area (Å²) in [6.45, 7) is 3.45. The SMILES string of the molecule is CCCC(=O)NC1CCCN(C(=O)Cn2nccn2)C1. The van der Waals surface area contributed by atoms with E-state index >= 15 is 0 Å². The van der Waals surface area contributed by atoms with Gasteiger partial charge in [0.1, 0.15) is 6.54 Å². The molecule has 1 saturated heterocycles. The van der Waals surface area contributed by atoms with Crippen LogP contribution in [0.4, 0.5) is 0 Å². The van der Waals surface area contributed by atoms with Gasteiger partial charge in [-0.2, -0.15) is 15.0 Å². The van der Waals surface area contributed by atoms with Gasteiger partial charge in [-0.3, -0.25) is 9.59 Å². The van der Waals surface area contributed by atoms with Crippen molar-refractivity contribution in [3.63, 3.8) is 0 Å². The predicted octanol–water partition coefficient (Wildman–Crippen LogP) is 0.185. The van der Waals surface area contributed by atoms with Crippen LogP contribution in [0.25, 0.3) is 0 Å². The Morgan fingerprint density at radius 3 is 2.80 bits per heavy atom. The summed E-state index contributed by atoms with van der Waals surface area (Å²) in [7, 11) is 0. The fourth-order valence-corrected chi connectivity index (χ4v) is 2.39. The smallest absolute Gasteiger partial charge is 0.246 e. The molecule has 1 aliphatic rings. The number of carbonyl (C=O) groups is 2. The van der Waals surface area contributed by atoms with Gasteiger partial charge in [0.25, 0.3) is 0 Å². The normalized spacial score (nSPS) is 18.9. The van der Waals surface area contributed by atoms with Crippen molar-refractivity contribution < 1.29 is 9.59 Å². The molecule has 2 heterocycles. The molecule has 7 heteroatoms. The van der Waals surface area contributed by atoms with E-state index in [2.05, 4.69) is 15.5 Å². The van der Waals surface area contributed by atoms with Crippen LogP contribution < -0.4 is 5.32 Å². The summed E-state index contributed by atoms with van der Waals surface area (Å²) in [4.78, 5) is 26.9. The molecular formula is C13H21N5O2. The molecule has 0 saturated carbocycles. The number of amides is 2. The van der Waals surface area contributed by atoms with Gasteiger partial charge in [0.15, 0.2) is 0 Å². The third-order valence-corrected chi connectivity index (χ3v) is 3.36. The molecule has 2 rings (SSSR count). The van der Waals surface area contributed by atoms with Crippen molar-refractivity contribution in [2.24, 2.45) is 0 Å². The van der Waals surface area contributed by atoms with Gasteiger partial charge >= 0.3 is 0 Å². The lowest BCUT2D eigenvalue weighted by Crippen LogP contribution is -2.50. The van der Waals surface area contributed by atoms with E-state index in [1.54, 1.807) is 17.3 Å². The highest BCUT2D eigenvalue weighted by Crippen LogP contribution is 2.11. The summed E-state index contributed by atoms with van der Waals surface area (Å²) in [6.07, 6.45) is 6.33. The van der Waals surface area contributed by atoms with E-state index in [0.717, 1.165) is 25.8 Å². The van der Waals surface area contributed by atoms with Crippen molar-refractivity contribution in [3.8, 4) is 0 Å². The Hall–Kier alpha value is -1.92. The number of aromatic nitrogens is 3. The zero-order valence-electron chi connectivity index (χ0n) is 11.8. The number of carbonyl (C=O) groups excluding carboxylic acids is 2. The maximum Gasteiger partial charge on any atom is 0.246 e. The van der Waals surface area contributed by atoms with Crippen LogP contribution in [0.3, 0.4) is 0 Å². The van der Waals surface area contributed by atoms with Gasteiger partial charge in [-0.1, -0.05) is 6.92 Å². The van der Waals surface area contributed by atoms with E-state index in [0.29, 0.717) is 13.0 Å². The monoisotopic (exact) mass is 279 g/mol. The van der Waals surface area contributed by atoms with Gasteiger partial charge in [-0.25, -0.2) is 0 Å². The van der Waals surface area contributed by atoms with Gasteiger partial charge in [0.05, 0.1) is 12.4 Å². The van der Waals surface area contributed by atoms with E-state index < -0.39 is 0 Å². The fraction of sp³-hybridized carbons (Fsp3) is 0.692. The first kappa shape index (κ1) is 14.5. The van der Waals surface area contributed by atoms with Crippen LogP contribution in [0, 0.1) is 0 Å². The predicted molar refractivity (Wildman–Crippen MR) is 72.7 cm³/mol. The molecule has 1 aliphatic heterocycles. The van der Waals surface area contributed by atoms with Crippen molar-refractivity contribution in [1.29, 1.82) is 0 Å². The molecule has 1 atom stereocenters. The number of nitrogens with one attached hydrogen (secondary N) is 1. The standard InChI is InChI=1S/C13H21N5O2/c1-2-4-12(19)16-11-5-3-8-17(9-11)13(20)10-18-14-6-7-15-18/h6-7,11H,2-5,8-10H2,1H3,(H,16,19). The van der Waals surface area contributed by atoms with Crippen LogP contribution in [-0.4, -0.2) is 50.8 Å². The Labute approximate surface area is 118 Å². The topological polar surface area (TPSA) is 80.1 Å². The first-order valence-corrected chi connectivity index (χ1v) is 7.10. The number of hydrogen-bond acceptors (Lipinski definition) is 4. The lowest BCUT2D eigenvalue weighted by Gasteiger charge is -2.33. The molecule has 1 aromatic rings. The Bertz CT molecular complexity index is 446. The maximum absolute atomic E-state index is 12.1. The summed E-state index contributed by atoms with van der Waals surface area (Å²) in [5.41, 5.74) is 0.